The zero-order valence-corrected chi connectivity index (χ0v) is 9.94. The molecule has 2 rings (SSSR count). The van der Waals surface area contributed by atoms with Crippen LogP contribution in [0.5, 0.6) is 0 Å². The van der Waals surface area contributed by atoms with Gasteiger partial charge in [0.1, 0.15) is 10.7 Å². The molecule has 0 atom stereocenters. The number of rotatable bonds is 5. The first kappa shape index (κ1) is 11.9. The molecule has 8 heteroatoms. The lowest BCUT2D eigenvalue weighted by atomic mass is 10.4. The fraction of sp³-hybridized carbons (Fsp3) is 0.556. The molecule has 92 valence electrons. The Morgan fingerprint density at radius 3 is 2.82 bits per heavy atom. The molecular weight excluding hydrogens is 242 g/mol. The van der Waals surface area contributed by atoms with Crippen LogP contribution in [-0.2, 0) is 10.0 Å². The van der Waals surface area contributed by atoms with E-state index in [0.717, 1.165) is 12.8 Å². The monoisotopic (exact) mass is 255 g/mol. The summed E-state index contributed by atoms with van der Waals surface area (Å²) in [5.74, 6) is 0.0348. The topological polar surface area (TPSA) is 116 Å². The minimum absolute atomic E-state index is 0.00245. The molecule has 0 saturated heterocycles. The van der Waals surface area contributed by atoms with Crippen LogP contribution in [0.15, 0.2) is 11.1 Å². The van der Waals surface area contributed by atoms with E-state index in [1.807, 2.05) is 6.07 Å². The van der Waals surface area contributed by atoms with Gasteiger partial charge in [-0.1, -0.05) is 0 Å². The lowest BCUT2D eigenvalue weighted by Crippen LogP contribution is -2.34. The van der Waals surface area contributed by atoms with Gasteiger partial charge in [-0.3, -0.25) is 5.10 Å². The molecule has 1 aliphatic rings. The number of aromatic amines is 1. The summed E-state index contributed by atoms with van der Waals surface area (Å²) in [6, 6.07) is 1.95. The van der Waals surface area contributed by atoms with Crippen molar-refractivity contribution in [3.8, 4) is 6.07 Å². The molecule has 1 heterocycles. The second kappa shape index (κ2) is 4.35. The molecule has 1 aliphatic carbocycles. The summed E-state index contributed by atoms with van der Waals surface area (Å²) in [6.07, 6.45) is 3.05. The summed E-state index contributed by atoms with van der Waals surface area (Å²) in [7, 11) is -3.63. The van der Waals surface area contributed by atoms with Crippen LogP contribution < -0.4 is 5.73 Å². The molecule has 0 radical (unpaired) electrons. The van der Waals surface area contributed by atoms with Crippen molar-refractivity contribution in [1.82, 2.24) is 14.5 Å². The van der Waals surface area contributed by atoms with Crippen LogP contribution in [0.2, 0.25) is 0 Å². The Hall–Kier alpha value is -1.59. The predicted molar refractivity (Wildman–Crippen MR) is 60.1 cm³/mol. The normalized spacial score (nSPS) is 16.0. The van der Waals surface area contributed by atoms with E-state index in [0.29, 0.717) is 0 Å². The summed E-state index contributed by atoms with van der Waals surface area (Å²) < 4.78 is 25.9. The van der Waals surface area contributed by atoms with Crippen LogP contribution in [0.1, 0.15) is 19.3 Å². The standard InChI is InChI=1S/C9H13N5O2S/c10-4-1-5-14(7-2-3-7)17(15,16)8-6-12-13-9(8)11/h6-7H,1-3,5H2,(H3,11,12,13). The third kappa shape index (κ3) is 2.25. The summed E-state index contributed by atoms with van der Waals surface area (Å²) >= 11 is 0. The maximum Gasteiger partial charge on any atom is 0.248 e. The number of hydrogen-bond acceptors (Lipinski definition) is 5. The fourth-order valence-corrected chi connectivity index (χ4v) is 3.34. The van der Waals surface area contributed by atoms with Gasteiger partial charge in [-0.25, -0.2) is 8.42 Å². The van der Waals surface area contributed by atoms with Crippen LogP contribution in [0, 0.1) is 11.3 Å². The van der Waals surface area contributed by atoms with Gasteiger partial charge in [0.2, 0.25) is 10.0 Å². The quantitative estimate of drug-likeness (QED) is 0.771. The maximum atomic E-state index is 12.3. The molecule has 0 bridgehead atoms. The molecule has 0 amide bonds. The number of nitrogens with zero attached hydrogens (tertiary/aromatic N) is 3. The molecule has 0 aromatic carbocycles. The Labute approximate surface area is 99.3 Å². The highest BCUT2D eigenvalue weighted by atomic mass is 32.2. The van der Waals surface area contributed by atoms with E-state index in [2.05, 4.69) is 10.2 Å². The third-order valence-electron chi connectivity index (χ3n) is 2.62. The van der Waals surface area contributed by atoms with Gasteiger partial charge in [0.15, 0.2) is 0 Å². The molecule has 1 aromatic rings. The van der Waals surface area contributed by atoms with Crippen molar-refractivity contribution in [2.75, 3.05) is 12.3 Å². The largest absolute Gasteiger partial charge is 0.383 e. The SMILES string of the molecule is N#CCCN(C1CC1)S(=O)(=O)c1cn[nH]c1N. The van der Waals surface area contributed by atoms with Gasteiger partial charge in [0, 0.05) is 19.0 Å². The minimum atomic E-state index is -3.63. The Bertz CT molecular complexity index is 540. The second-order valence-electron chi connectivity index (χ2n) is 3.90. The maximum absolute atomic E-state index is 12.3. The molecule has 1 fully saturated rings. The second-order valence-corrected chi connectivity index (χ2v) is 5.76. The van der Waals surface area contributed by atoms with E-state index >= 15 is 0 Å². The number of nitrogens with one attached hydrogen (secondary N) is 1. The minimum Gasteiger partial charge on any atom is -0.383 e. The molecule has 0 aliphatic heterocycles. The van der Waals surface area contributed by atoms with Crippen molar-refractivity contribution in [2.45, 2.75) is 30.2 Å². The Balaban J connectivity index is 2.29. The van der Waals surface area contributed by atoms with Crippen molar-refractivity contribution in [3.63, 3.8) is 0 Å². The number of nitrogens with two attached hydrogens (primary N) is 1. The molecule has 7 nitrogen and oxygen atoms in total. The van der Waals surface area contributed by atoms with Gasteiger partial charge < -0.3 is 5.73 Å². The number of anilines is 1. The van der Waals surface area contributed by atoms with Crippen molar-refractivity contribution in [3.05, 3.63) is 6.20 Å². The Morgan fingerprint density at radius 2 is 2.35 bits per heavy atom. The van der Waals surface area contributed by atoms with E-state index in [9.17, 15) is 8.42 Å². The van der Waals surface area contributed by atoms with E-state index in [1.54, 1.807) is 0 Å². The average molecular weight is 255 g/mol. The highest BCUT2D eigenvalue weighted by Gasteiger charge is 2.39. The highest BCUT2D eigenvalue weighted by Crippen LogP contribution is 2.33. The number of aromatic nitrogens is 2. The van der Waals surface area contributed by atoms with Gasteiger partial charge in [0.25, 0.3) is 0 Å². The fourth-order valence-electron chi connectivity index (χ4n) is 1.64. The van der Waals surface area contributed by atoms with Gasteiger partial charge in [-0.15, -0.1) is 0 Å². The van der Waals surface area contributed by atoms with Crippen LogP contribution in [0.25, 0.3) is 0 Å². The van der Waals surface area contributed by atoms with Crippen molar-refractivity contribution >= 4 is 15.8 Å². The first-order valence-corrected chi connectivity index (χ1v) is 6.69. The van der Waals surface area contributed by atoms with E-state index in [1.165, 1.54) is 10.5 Å². The Kier molecular flexibility index (Phi) is 3.04. The van der Waals surface area contributed by atoms with Crippen LogP contribution >= 0.6 is 0 Å². The van der Waals surface area contributed by atoms with E-state index in [-0.39, 0.29) is 29.7 Å². The number of hydrogen-bond donors (Lipinski definition) is 2. The predicted octanol–water partition coefficient (Wildman–Crippen LogP) is 0.0587. The van der Waals surface area contributed by atoms with Gasteiger partial charge in [-0.2, -0.15) is 14.7 Å². The molecule has 3 N–H and O–H groups in total. The van der Waals surface area contributed by atoms with Gasteiger partial charge in [-0.05, 0) is 12.8 Å². The summed E-state index contributed by atoms with van der Waals surface area (Å²) in [4.78, 5) is -0.0117. The van der Waals surface area contributed by atoms with Crippen molar-refractivity contribution in [1.29, 1.82) is 5.26 Å². The van der Waals surface area contributed by atoms with Crippen molar-refractivity contribution in [2.24, 2.45) is 0 Å². The van der Waals surface area contributed by atoms with Crippen LogP contribution in [0.3, 0.4) is 0 Å². The average Bonchev–Trinajstić information content (AvgIpc) is 3.00. The molecule has 0 spiro atoms. The lowest BCUT2D eigenvalue weighted by molar-refractivity contribution is 0.411. The van der Waals surface area contributed by atoms with Crippen LogP contribution in [0.4, 0.5) is 5.82 Å². The number of H-pyrrole nitrogens is 1. The number of nitrogen functional groups attached to an aromatic ring is 1. The molecule has 1 aromatic heterocycles. The van der Waals surface area contributed by atoms with Gasteiger partial charge in [0.05, 0.1) is 12.3 Å². The van der Waals surface area contributed by atoms with Crippen molar-refractivity contribution < 1.29 is 8.42 Å². The first-order valence-electron chi connectivity index (χ1n) is 5.25. The molecule has 17 heavy (non-hydrogen) atoms. The van der Waals surface area contributed by atoms with Gasteiger partial charge >= 0.3 is 0 Å². The lowest BCUT2D eigenvalue weighted by Gasteiger charge is -2.19. The zero-order valence-electron chi connectivity index (χ0n) is 9.13. The van der Waals surface area contributed by atoms with E-state index < -0.39 is 10.0 Å². The zero-order chi connectivity index (χ0) is 12.5. The van der Waals surface area contributed by atoms with Crippen LogP contribution in [-0.4, -0.2) is 35.5 Å². The van der Waals surface area contributed by atoms with E-state index in [4.69, 9.17) is 11.0 Å². The smallest absolute Gasteiger partial charge is 0.248 e. The highest BCUT2D eigenvalue weighted by molar-refractivity contribution is 7.89. The summed E-state index contributed by atoms with van der Waals surface area (Å²) in [5, 5.41) is 14.6. The molecule has 1 saturated carbocycles. The number of nitriles is 1. The number of sulfonamides is 1. The first-order chi connectivity index (χ1) is 8.07. The summed E-state index contributed by atoms with van der Waals surface area (Å²) in [6.45, 7) is 0.203. The third-order valence-corrected chi connectivity index (χ3v) is 4.60. The summed E-state index contributed by atoms with van der Waals surface area (Å²) in [5.41, 5.74) is 5.52. The Morgan fingerprint density at radius 1 is 1.65 bits per heavy atom. The molecular formula is C9H13N5O2S. The molecule has 0 unspecified atom stereocenters.